The molecule has 3 aromatic rings. The highest BCUT2D eigenvalue weighted by Crippen LogP contribution is 2.28. The van der Waals surface area contributed by atoms with Crippen molar-refractivity contribution in [3.63, 3.8) is 0 Å². The highest BCUT2D eigenvalue weighted by atomic mass is 35.5. The van der Waals surface area contributed by atoms with Crippen LogP contribution in [0.4, 0.5) is 5.69 Å². The minimum atomic E-state index is -4.23. The summed E-state index contributed by atoms with van der Waals surface area (Å²) in [5.74, 6) is -0.319. The molecule has 8 nitrogen and oxygen atoms in total. The quantitative estimate of drug-likeness (QED) is 0.287. The minimum absolute atomic E-state index is 0.0495. The van der Waals surface area contributed by atoms with Crippen molar-refractivity contribution in [2.75, 3.05) is 18.0 Å². The van der Waals surface area contributed by atoms with E-state index < -0.39 is 34.1 Å². The van der Waals surface area contributed by atoms with E-state index in [4.69, 9.17) is 27.9 Å². The van der Waals surface area contributed by atoms with Crippen molar-refractivity contribution in [1.29, 1.82) is 0 Å². The highest BCUT2D eigenvalue weighted by Gasteiger charge is 2.34. The van der Waals surface area contributed by atoms with E-state index in [-0.39, 0.29) is 23.0 Å². The molecule has 0 aromatic heterocycles. The van der Waals surface area contributed by atoms with Gasteiger partial charge in [-0.15, -0.1) is 0 Å². The van der Waals surface area contributed by atoms with Gasteiger partial charge >= 0.3 is 0 Å². The molecule has 11 heteroatoms. The lowest BCUT2D eigenvalue weighted by Crippen LogP contribution is -2.55. The standard InChI is InChI=1S/C30H35Cl2N3O5S/c1-6-27(29(37)33-30(2,3)4)34(19-21-9-7-12-25(17-21)40-5)28(36)20-35(24-11-8-10-23(32)18-24)41(38,39)26-15-13-22(31)14-16-26/h7-18,27H,6,19-20H2,1-5H3,(H,33,37)/t27-/m1/s1. The Morgan fingerprint density at radius 2 is 1.61 bits per heavy atom. The zero-order chi connectivity index (χ0) is 30.4. The molecular formula is C30H35Cl2N3O5S. The number of halogens is 2. The van der Waals surface area contributed by atoms with Crippen LogP contribution in [-0.4, -0.2) is 50.4 Å². The van der Waals surface area contributed by atoms with Crippen LogP contribution in [0, 0.1) is 0 Å². The molecule has 0 aliphatic carbocycles. The summed E-state index contributed by atoms with van der Waals surface area (Å²) in [6.07, 6.45) is 0.304. The minimum Gasteiger partial charge on any atom is -0.497 e. The van der Waals surface area contributed by atoms with E-state index in [0.29, 0.717) is 22.2 Å². The van der Waals surface area contributed by atoms with Gasteiger partial charge in [-0.05, 0) is 87.4 Å². The normalized spacial score (nSPS) is 12.4. The van der Waals surface area contributed by atoms with Crippen LogP contribution >= 0.6 is 23.2 Å². The third kappa shape index (κ3) is 8.61. The van der Waals surface area contributed by atoms with Crippen molar-refractivity contribution in [2.45, 2.75) is 57.1 Å². The van der Waals surface area contributed by atoms with Crippen LogP contribution in [-0.2, 0) is 26.2 Å². The van der Waals surface area contributed by atoms with E-state index in [9.17, 15) is 18.0 Å². The molecule has 0 saturated heterocycles. The largest absolute Gasteiger partial charge is 0.497 e. The number of ether oxygens (including phenoxy) is 1. The molecule has 3 aromatic carbocycles. The van der Waals surface area contributed by atoms with E-state index in [1.807, 2.05) is 26.8 Å². The summed E-state index contributed by atoms with van der Waals surface area (Å²) in [4.78, 5) is 28.9. The highest BCUT2D eigenvalue weighted by molar-refractivity contribution is 7.92. The van der Waals surface area contributed by atoms with Crippen molar-refractivity contribution >= 4 is 50.7 Å². The molecular weight excluding hydrogens is 585 g/mol. The van der Waals surface area contributed by atoms with Gasteiger partial charge in [0.05, 0.1) is 17.7 Å². The number of hydrogen-bond acceptors (Lipinski definition) is 5. The number of nitrogens with one attached hydrogen (secondary N) is 1. The second kappa shape index (κ2) is 13.6. The van der Waals surface area contributed by atoms with Crippen LogP contribution in [0.3, 0.4) is 0 Å². The number of carbonyl (C=O) groups excluding carboxylic acids is 2. The predicted octanol–water partition coefficient (Wildman–Crippen LogP) is 5.92. The predicted molar refractivity (Wildman–Crippen MR) is 163 cm³/mol. The van der Waals surface area contributed by atoms with Crippen LogP contribution in [0.25, 0.3) is 0 Å². The second-order valence-corrected chi connectivity index (χ2v) is 13.2. The Kier molecular flexibility index (Phi) is 10.7. The number of carbonyl (C=O) groups is 2. The van der Waals surface area contributed by atoms with Gasteiger partial charge in [0.2, 0.25) is 11.8 Å². The molecule has 1 atom stereocenters. The molecule has 3 rings (SSSR count). The number of nitrogens with zero attached hydrogens (tertiary/aromatic N) is 2. The van der Waals surface area contributed by atoms with Crippen molar-refractivity contribution < 1.29 is 22.7 Å². The zero-order valence-electron chi connectivity index (χ0n) is 23.7. The van der Waals surface area contributed by atoms with Crippen molar-refractivity contribution in [2.24, 2.45) is 0 Å². The molecule has 0 bridgehead atoms. The van der Waals surface area contributed by atoms with Gasteiger partial charge in [0.25, 0.3) is 10.0 Å². The van der Waals surface area contributed by atoms with Crippen molar-refractivity contribution in [1.82, 2.24) is 10.2 Å². The maximum absolute atomic E-state index is 14.1. The molecule has 0 aliphatic rings. The molecule has 0 unspecified atom stereocenters. The number of sulfonamides is 1. The van der Waals surface area contributed by atoms with E-state index in [1.165, 1.54) is 42.3 Å². The number of anilines is 1. The van der Waals surface area contributed by atoms with Crippen LogP contribution in [0.15, 0.2) is 77.7 Å². The Morgan fingerprint density at radius 3 is 2.20 bits per heavy atom. The Balaban J connectivity index is 2.08. The first-order valence-electron chi connectivity index (χ1n) is 13.0. The summed E-state index contributed by atoms with van der Waals surface area (Å²) < 4.78 is 34.1. The molecule has 1 N–H and O–H groups in total. The summed E-state index contributed by atoms with van der Waals surface area (Å²) in [5, 5.41) is 3.62. The lowest BCUT2D eigenvalue weighted by molar-refractivity contribution is -0.141. The summed E-state index contributed by atoms with van der Waals surface area (Å²) >= 11 is 12.2. The molecule has 0 spiro atoms. The van der Waals surface area contributed by atoms with Gasteiger partial charge in [0.1, 0.15) is 18.3 Å². The van der Waals surface area contributed by atoms with E-state index in [2.05, 4.69) is 5.32 Å². The molecule has 0 aliphatic heterocycles. The Morgan fingerprint density at radius 1 is 0.951 bits per heavy atom. The van der Waals surface area contributed by atoms with E-state index >= 15 is 0 Å². The van der Waals surface area contributed by atoms with Gasteiger partial charge in [0, 0.05) is 22.1 Å². The van der Waals surface area contributed by atoms with Gasteiger partial charge in [-0.25, -0.2) is 8.42 Å². The maximum atomic E-state index is 14.1. The van der Waals surface area contributed by atoms with E-state index in [0.717, 1.165) is 9.87 Å². The summed E-state index contributed by atoms with van der Waals surface area (Å²) in [7, 11) is -2.69. The van der Waals surface area contributed by atoms with Gasteiger partial charge in [0.15, 0.2) is 0 Å². The number of amides is 2. The van der Waals surface area contributed by atoms with Gasteiger partial charge < -0.3 is 15.0 Å². The monoisotopic (exact) mass is 619 g/mol. The summed E-state index contributed by atoms with van der Waals surface area (Å²) in [6.45, 7) is 6.84. The summed E-state index contributed by atoms with van der Waals surface area (Å²) in [6, 6.07) is 18.2. The molecule has 41 heavy (non-hydrogen) atoms. The lowest BCUT2D eigenvalue weighted by Gasteiger charge is -2.34. The Bertz CT molecular complexity index is 1470. The number of methoxy groups -OCH3 is 1. The first-order chi connectivity index (χ1) is 19.2. The fourth-order valence-corrected chi connectivity index (χ4v) is 5.95. The maximum Gasteiger partial charge on any atom is 0.264 e. The zero-order valence-corrected chi connectivity index (χ0v) is 26.1. The molecule has 0 radical (unpaired) electrons. The molecule has 220 valence electrons. The van der Waals surface area contributed by atoms with Crippen LogP contribution in [0.5, 0.6) is 5.75 Å². The fraction of sp³-hybridized carbons (Fsp3) is 0.333. The van der Waals surface area contributed by atoms with Crippen LogP contribution < -0.4 is 14.4 Å². The Labute approximate surface area is 252 Å². The molecule has 0 saturated carbocycles. The second-order valence-electron chi connectivity index (χ2n) is 10.5. The fourth-order valence-electron chi connectivity index (χ4n) is 4.23. The van der Waals surface area contributed by atoms with Gasteiger partial charge in [-0.2, -0.15) is 0 Å². The van der Waals surface area contributed by atoms with Crippen molar-refractivity contribution in [3.05, 3.63) is 88.4 Å². The number of hydrogen-bond donors (Lipinski definition) is 1. The summed E-state index contributed by atoms with van der Waals surface area (Å²) in [5.41, 5.74) is 0.379. The van der Waals surface area contributed by atoms with E-state index in [1.54, 1.807) is 43.3 Å². The first kappa shape index (κ1) is 32.2. The van der Waals surface area contributed by atoms with Crippen molar-refractivity contribution in [3.8, 4) is 5.75 Å². The third-order valence-electron chi connectivity index (χ3n) is 6.15. The smallest absolute Gasteiger partial charge is 0.264 e. The third-order valence-corrected chi connectivity index (χ3v) is 8.42. The molecule has 0 fully saturated rings. The lowest BCUT2D eigenvalue weighted by atomic mass is 10.1. The Hall–Kier alpha value is -3.27. The van der Waals surface area contributed by atoms with Crippen LogP contribution in [0.1, 0.15) is 39.7 Å². The number of benzene rings is 3. The molecule has 0 heterocycles. The number of rotatable bonds is 11. The SMILES string of the molecule is CC[C@H](C(=O)NC(C)(C)C)N(Cc1cccc(OC)c1)C(=O)CN(c1cccc(Cl)c1)S(=O)(=O)c1ccc(Cl)cc1. The van der Waals surface area contributed by atoms with Gasteiger partial charge in [-0.1, -0.05) is 48.3 Å². The first-order valence-corrected chi connectivity index (χ1v) is 15.2. The average Bonchev–Trinajstić information content (AvgIpc) is 2.90. The average molecular weight is 621 g/mol. The molecule has 2 amide bonds. The topological polar surface area (TPSA) is 96.0 Å². The van der Waals surface area contributed by atoms with Gasteiger partial charge in [-0.3, -0.25) is 13.9 Å². The van der Waals surface area contributed by atoms with Crippen LogP contribution in [0.2, 0.25) is 10.0 Å².